The molecule has 1 N–H and O–H groups in total. The van der Waals surface area contributed by atoms with E-state index in [0.29, 0.717) is 31.1 Å². The van der Waals surface area contributed by atoms with Crippen LogP contribution in [0, 0.1) is 0 Å². The molecule has 1 unspecified atom stereocenters. The number of nitrogens with one attached hydrogen (secondary N) is 1. The van der Waals surface area contributed by atoms with E-state index in [1.807, 2.05) is 36.4 Å². The topological polar surface area (TPSA) is 56.8 Å². The zero-order valence-corrected chi connectivity index (χ0v) is 15.4. The van der Waals surface area contributed by atoms with E-state index in [4.69, 9.17) is 25.8 Å². The number of hydrogen-bond acceptors (Lipinski definition) is 4. The first-order valence-electron chi connectivity index (χ1n) is 8.64. The van der Waals surface area contributed by atoms with Crippen molar-refractivity contribution in [1.82, 2.24) is 5.32 Å². The van der Waals surface area contributed by atoms with Crippen LogP contribution >= 0.6 is 11.6 Å². The molecule has 0 aromatic heterocycles. The monoisotopic (exact) mass is 375 g/mol. The molecular formula is C20H22ClNO4. The lowest BCUT2D eigenvalue weighted by Gasteiger charge is -2.27. The van der Waals surface area contributed by atoms with E-state index >= 15 is 0 Å². The second kappa shape index (κ2) is 8.81. The Kier molecular flexibility index (Phi) is 6.23. The van der Waals surface area contributed by atoms with E-state index in [0.717, 1.165) is 29.2 Å². The lowest BCUT2D eigenvalue weighted by molar-refractivity contribution is -0.122. The third-order valence-electron chi connectivity index (χ3n) is 4.22. The molecule has 3 rings (SSSR count). The summed E-state index contributed by atoms with van der Waals surface area (Å²) in [6.45, 7) is 1.07. The number of fused-ring (bicyclic) bond motifs is 1. The smallest absolute Gasteiger partial charge is 0.220 e. The number of hydrogen-bond donors (Lipinski definition) is 1. The van der Waals surface area contributed by atoms with Crippen LogP contribution in [0.3, 0.4) is 0 Å². The van der Waals surface area contributed by atoms with Gasteiger partial charge in [-0.25, -0.2) is 0 Å². The number of carbonyl (C=O) groups excluding carboxylic acids is 1. The normalized spacial score (nSPS) is 15.5. The second-order valence-corrected chi connectivity index (χ2v) is 6.50. The summed E-state index contributed by atoms with van der Waals surface area (Å²) in [7, 11) is 1.62. The van der Waals surface area contributed by atoms with E-state index in [1.54, 1.807) is 13.2 Å². The highest BCUT2D eigenvalue weighted by molar-refractivity contribution is 6.30. The Hall–Kier alpha value is -2.40. The zero-order chi connectivity index (χ0) is 18.4. The number of rotatable bonds is 7. The average Bonchev–Trinajstić information content (AvgIpc) is 2.66. The number of carbonyl (C=O) groups is 1. The van der Waals surface area contributed by atoms with Crippen LogP contribution in [0.2, 0.25) is 5.02 Å². The molecular weight excluding hydrogens is 354 g/mol. The molecule has 0 saturated heterocycles. The summed E-state index contributed by atoms with van der Waals surface area (Å²) in [6.07, 6.45) is 1.79. The summed E-state index contributed by atoms with van der Waals surface area (Å²) in [6, 6.07) is 12.8. The van der Waals surface area contributed by atoms with Crippen molar-refractivity contribution in [1.29, 1.82) is 0 Å². The van der Waals surface area contributed by atoms with Gasteiger partial charge in [0.1, 0.15) is 17.2 Å². The molecule has 0 saturated carbocycles. The molecule has 1 amide bonds. The van der Waals surface area contributed by atoms with Gasteiger partial charge in [-0.2, -0.15) is 0 Å². The van der Waals surface area contributed by atoms with Gasteiger partial charge in [-0.3, -0.25) is 4.79 Å². The standard InChI is InChI=1S/C20H22ClNO4/c1-24-15-5-7-16(8-6-15)25-11-2-3-20(23)22-18-10-12-26-19-9-4-14(21)13-17(18)19/h4-9,13,18H,2-3,10-12H2,1H3,(H,22,23). The molecule has 1 aliphatic heterocycles. The Morgan fingerprint density at radius 1 is 1.23 bits per heavy atom. The minimum absolute atomic E-state index is 0.00107. The highest BCUT2D eigenvalue weighted by atomic mass is 35.5. The molecule has 0 aliphatic carbocycles. The third-order valence-corrected chi connectivity index (χ3v) is 4.46. The van der Waals surface area contributed by atoms with Crippen molar-refractivity contribution >= 4 is 17.5 Å². The molecule has 0 spiro atoms. The molecule has 0 bridgehead atoms. The number of amides is 1. The van der Waals surface area contributed by atoms with Gasteiger partial charge in [-0.15, -0.1) is 0 Å². The van der Waals surface area contributed by atoms with Crippen LogP contribution < -0.4 is 19.5 Å². The van der Waals surface area contributed by atoms with Gasteiger partial charge >= 0.3 is 0 Å². The van der Waals surface area contributed by atoms with Gasteiger partial charge in [0, 0.05) is 23.4 Å². The van der Waals surface area contributed by atoms with Crippen LogP contribution in [0.15, 0.2) is 42.5 Å². The van der Waals surface area contributed by atoms with Gasteiger partial charge < -0.3 is 19.5 Å². The maximum Gasteiger partial charge on any atom is 0.220 e. The maximum absolute atomic E-state index is 12.2. The first kappa shape index (κ1) is 18.4. The van der Waals surface area contributed by atoms with Crippen molar-refractivity contribution in [3.8, 4) is 17.2 Å². The van der Waals surface area contributed by atoms with E-state index < -0.39 is 0 Å². The summed E-state index contributed by atoms with van der Waals surface area (Å²) < 4.78 is 16.4. The van der Waals surface area contributed by atoms with Gasteiger partial charge in [-0.05, 0) is 48.9 Å². The highest BCUT2D eigenvalue weighted by Crippen LogP contribution is 2.34. The number of ether oxygens (including phenoxy) is 3. The van der Waals surface area contributed by atoms with Gasteiger partial charge in [0.15, 0.2) is 0 Å². The predicted octanol–water partition coefficient (Wildman–Crippen LogP) is 4.15. The summed E-state index contributed by atoms with van der Waals surface area (Å²) in [4.78, 5) is 12.2. The Balaban J connectivity index is 1.44. The quantitative estimate of drug-likeness (QED) is 0.739. The molecule has 2 aromatic rings. The lowest BCUT2D eigenvalue weighted by Crippen LogP contribution is -2.32. The highest BCUT2D eigenvalue weighted by Gasteiger charge is 2.23. The van der Waals surface area contributed by atoms with Gasteiger partial charge in [0.2, 0.25) is 5.91 Å². The Morgan fingerprint density at radius 3 is 2.77 bits per heavy atom. The van der Waals surface area contributed by atoms with Crippen molar-refractivity contribution in [2.24, 2.45) is 0 Å². The fourth-order valence-electron chi connectivity index (χ4n) is 2.88. The fraction of sp³-hybridized carbons (Fsp3) is 0.350. The number of methoxy groups -OCH3 is 1. The first-order valence-corrected chi connectivity index (χ1v) is 9.02. The Bertz CT molecular complexity index is 748. The van der Waals surface area contributed by atoms with Crippen LogP contribution in [0.5, 0.6) is 17.2 Å². The summed E-state index contributed by atoms with van der Waals surface area (Å²) in [5.74, 6) is 2.34. The predicted molar refractivity (Wildman–Crippen MR) is 100 cm³/mol. The van der Waals surface area contributed by atoms with Crippen LogP contribution in [-0.2, 0) is 4.79 Å². The largest absolute Gasteiger partial charge is 0.497 e. The number of halogens is 1. The van der Waals surface area contributed by atoms with Crippen molar-refractivity contribution in [3.05, 3.63) is 53.1 Å². The van der Waals surface area contributed by atoms with Gasteiger partial charge in [-0.1, -0.05) is 11.6 Å². The van der Waals surface area contributed by atoms with Crippen molar-refractivity contribution in [2.45, 2.75) is 25.3 Å². The molecule has 1 aliphatic rings. The first-order chi connectivity index (χ1) is 12.7. The molecule has 138 valence electrons. The average molecular weight is 376 g/mol. The van der Waals surface area contributed by atoms with Crippen LogP contribution in [0.4, 0.5) is 0 Å². The van der Waals surface area contributed by atoms with Gasteiger partial charge in [0.25, 0.3) is 0 Å². The Morgan fingerprint density at radius 2 is 2.00 bits per heavy atom. The lowest BCUT2D eigenvalue weighted by atomic mass is 10.0. The van der Waals surface area contributed by atoms with Crippen LogP contribution in [0.25, 0.3) is 0 Å². The fourth-order valence-corrected chi connectivity index (χ4v) is 3.06. The second-order valence-electron chi connectivity index (χ2n) is 6.07. The maximum atomic E-state index is 12.2. The van der Waals surface area contributed by atoms with Gasteiger partial charge in [0.05, 0.1) is 26.4 Å². The van der Waals surface area contributed by atoms with Crippen molar-refractivity contribution in [2.75, 3.05) is 20.3 Å². The molecule has 5 nitrogen and oxygen atoms in total. The van der Waals surface area contributed by atoms with Crippen LogP contribution in [-0.4, -0.2) is 26.2 Å². The molecule has 0 fully saturated rings. The Labute approximate surface area is 158 Å². The molecule has 26 heavy (non-hydrogen) atoms. The van der Waals surface area contributed by atoms with E-state index in [2.05, 4.69) is 5.32 Å². The minimum atomic E-state index is -0.0625. The zero-order valence-electron chi connectivity index (χ0n) is 14.7. The van der Waals surface area contributed by atoms with E-state index in [9.17, 15) is 4.79 Å². The third kappa shape index (κ3) is 4.82. The molecule has 1 heterocycles. The molecule has 0 radical (unpaired) electrons. The van der Waals surface area contributed by atoms with E-state index in [1.165, 1.54) is 0 Å². The summed E-state index contributed by atoms with van der Waals surface area (Å²) >= 11 is 6.07. The van der Waals surface area contributed by atoms with Crippen LogP contribution in [0.1, 0.15) is 30.9 Å². The summed E-state index contributed by atoms with van der Waals surface area (Å²) in [5, 5.41) is 3.71. The molecule has 6 heteroatoms. The number of benzene rings is 2. The molecule has 2 aromatic carbocycles. The van der Waals surface area contributed by atoms with Crippen molar-refractivity contribution < 1.29 is 19.0 Å². The summed E-state index contributed by atoms with van der Waals surface area (Å²) in [5.41, 5.74) is 0.937. The van der Waals surface area contributed by atoms with Crippen molar-refractivity contribution in [3.63, 3.8) is 0 Å². The van der Waals surface area contributed by atoms with E-state index in [-0.39, 0.29) is 11.9 Å². The molecule has 1 atom stereocenters. The SMILES string of the molecule is COc1ccc(OCCCC(=O)NC2CCOc3ccc(Cl)cc32)cc1. The minimum Gasteiger partial charge on any atom is -0.497 e.